The van der Waals surface area contributed by atoms with Crippen molar-refractivity contribution in [2.75, 3.05) is 26.1 Å². The predicted octanol–water partition coefficient (Wildman–Crippen LogP) is 4.24. The zero-order valence-corrected chi connectivity index (χ0v) is 18.1. The first-order valence-electron chi connectivity index (χ1n) is 9.98. The van der Waals surface area contributed by atoms with Gasteiger partial charge in [0, 0.05) is 17.3 Å². The maximum absolute atomic E-state index is 12.8. The van der Waals surface area contributed by atoms with Gasteiger partial charge in [-0.1, -0.05) is 30.3 Å². The maximum Gasteiger partial charge on any atom is 0.274 e. The molecule has 0 unspecified atom stereocenters. The van der Waals surface area contributed by atoms with Crippen molar-refractivity contribution in [2.45, 2.75) is 13.0 Å². The van der Waals surface area contributed by atoms with E-state index in [1.807, 2.05) is 48.5 Å². The number of hydrogen-bond acceptors (Lipinski definition) is 6. The van der Waals surface area contributed by atoms with Gasteiger partial charge in [-0.05, 0) is 48.4 Å². The Labute approximate surface area is 186 Å². The highest BCUT2D eigenvalue weighted by Gasteiger charge is 2.18. The van der Waals surface area contributed by atoms with Crippen molar-refractivity contribution >= 4 is 17.3 Å². The zero-order chi connectivity index (χ0) is 23.1. The minimum Gasteiger partial charge on any atom is -0.497 e. The highest BCUT2D eigenvalue weighted by atomic mass is 16.6. The first-order chi connectivity index (χ1) is 15.4. The number of carbonyl (C=O) groups is 1. The van der Waals surface area contributed by atoms with Gasteiger partial charge in [-0.3, -0.25) is 14.9 Å². The summed E-state index contributed by atoms with van der Waals surface area (Å²) in [4.78, 5) is 23.5. The van der Waals surface area contributed by atoms with Crippen molar-refractivity contribution in [2.24, 2.45) is 0 Å². The second kappa shape index (κ2) is 10.3. The molecule has 0 saturated heterocycles. The first kappa shape index (κ1) is 22.6. The van der Waals surface area contributed by atoms with Gasteiger partial charge in [0.05, 0.1) is 31.7 Å². The van der Waals surface area contributed by atoms with Gasteiger partial charge in [-0.15, -0.1) is 0 Å². The van der Waals surface area contributed by atoms with Crippen LogP contribution in [0.25, 0.3) is 0 Å². The van der Waals surface area contributed by atoms with Gasteiger partial charge in [0.1, 0.15) is 11.5 Å². The van der Waals surface area contributed by atoms with Crippen LogP contribution in [0.15, 0.2) is 66.7 Å². The Balaban J connectivity index is 1.78. The molecular formula is C24H25N3O5. The van der Waals surface area contributed by atoms with E-state index < -0.39 is 11.0 Å². The van der Waals surface area contributed by atoms with E-state index in [4.69, 9.17) is 9.47 Å². The lowest BCUT2D eigenvalue weighted by Gasteiger charge is -2.21. The fraction of sp³-hybridized carbons (Fsp3) is 0.208. The summed E-state index contributed by atoms with van der Waals surface area (Å²) in [5, 5.41) is 17.2. The average Bonchev–Trinajstić information content (AvgIpc) is 2.82. The summed E-state index contributed by atoms with van der Waals surface area (Å²) in [5.74, 6) is 1.18. The third-order valence-electron chi connectivity index (χ3n) is 5.14. The van der Waals surface area contributed by atoms with Gasteiger partial charge >= 0.3 is 0 Å². The number of nitrogens with zero attached hydrogens (tertiary/aromatic N) is 1. The summed E-state index contributed by atoms with van der Waals surface area (Å²) >= 11 is 0. The van der Waals surface area contributed by atoms with E-state index in [0.717, 1.165) is 22.6 Å². The van der Waals surface area contributed by atoms with Crippen LogP contribution in [0, 0.1) is 17.0 Å². The second-order valence-corrected chi connectivity index (χ2v) is 7.11. The number of benzene rings is 3. The van der Waals surface area contributed by atoms with Crippen LogP contribution < -0.4 is 20.1 Å². The lowest BCUT2D eigenvalue weighted by Crippen LogP contribution is -2.34. The summed E-state index contributed by atoms with van der Waals surface area (Å²) in [5.41, 5.74) is 2.79. The molecule has 0 fully saturated rings. The van der Waals surface area contributed by atoms with Gasteiger partial charge in [0.25, 0.3) is 5.69 Å². The van der Waals surface area contributed by atoms with Crippen LogP contribution in [0.2, 0.25) is 0 Å². The van der Waals surface area contributed by atoms with Crippen LogP contribution in [0.5, 0.6) is 11.5 Å². The predicted molar refractivity (Wildman–Crippen MR) is 122 cm³/mol. The smallest absolute Gasteiger partial charge is 0.274 e. The molecule has 32 heavy (non-hydrogen) atoms. The van der Waals surface area contributed by atoms with Crippen molar-refractivity contribution < 1.29 is 19.2 Å². The molecule has 0 spiro atoms. The van der Waals surface area contributed by atoms with Gasteiger partial charge in [0.15, 0.2) is 0 Å². The number of hydrogen-bond donors (Lipinski definition) is 2. The number of nitrogens with one attached hydrogen (secondary N) is 2. The maximum atomic E-state index is 12.8. The molecule has 0 saturated carbocycles. The summed E-state index contributed by atoms with van der Waals surface area (Å²) in [6, 6.07) is 19.3. The van der Waals surface area contributed by atoms with Crippen LogP contribution in [-0.2, 0) is 4.79 Å². The Bertz CT molecular complexity index is 1030. The molecule has 8 nitrogen and oxygen atoms in total. The minimum atomic E-state index is -0.441. The number of carbonyl (C=O) groups excluding carboxylic acids is 1. The molecule has 3 aromatic rings. The summed E-state index contributed by atoms with van der Waals surface area (Å²) in [6.45, 7) is 1.61. The lowest BCUT2D eigenvalue weighted by atomic mass is 9.98. The van der Waals surface area contributed by atoms with Crippen molar-refractivity contribution in [1.29, 1.82) is 0 Å². The number of nitro groups is 1. The van der Waals surface area contributed by atoms with Gasteiger partial charge < -0.3 is 20.1 Å². The largest absolute Gasteiger partial charge is 0.497 e. The normalized spacial score (nSPS) is 10.5. The first-order valence-corrected chi connectivity index (χ1v) is 9.98. The number of rotatable bonds is 9. The molecule has 1 amide bonds. The molecule has 0 aromatic heterocycles. The number of ether oxygens (including phenoxy) is 2. The van der Waals surface area contributed by atoms with E-state index in [9.17, 15) is 14.9 Å². The molecule has 2 N–H and O–H groups in total. The monoisotopic (exact) mass is 435 g/mol. The Morgan fingerprint density at radius 3 is 1.94 bits per heavy atom. The number of anilines is 1. The quantitative estimate of drug-likeness (QED) is 0.385. The molecular weight excluding hydrogens is 410 g/mol. The van der Waals surface area contributed by atoms with Crippen molar-refractivity contribution in [3.63, 3.8) is 0 Å². The summed E-state index contributed by atoms with van der Waals surface area (Å²) < 4.78 is 10.5. The van der Waals surface area contributed by atoms with Crippen LogP contribution in [0.4, 0.5) is 11.4 Å². The van der Waals surface area contributed by atoms with E-state index in [2.05, 4.69) is 10.6 Å². The highest BCUT2D eigenvalue weighted by Crippen LogP contribution is 2.27. The standard InChI is InChI=1S/C24H25N3O5/c1-16-21(5-4-6-22(16)27(29)30)25-15-23(28)26-24(17-7-11-19(31-2)12-8-17)18-9-13-20(32-3)14-10-18/h4-14,24-25H,15H2,1-3H3,(H,26,28). The lowest BCUT2D eigenvalue weighted by molar-refractivity contribution is -0.385. The number of amides is 1. The van der Waals surface area contributed by atoms with Gasteiger partial charge in [-0.25, -0.2) is 0 Å². The summed E-state index contributed by atoms with van der Waals surface area (Å²) in [6.07, 6.45) is 0. The average molecular weight is 435 g/mol. The van der Waals surface area contributed by atoms with Crippen LogP contribution in [0.3, 0.4) is 0 Å². The summed E-state index contributed by atoms with van der Waals surface area (Å²) in [7, 11) is 3.19. The van der Waals surface area contributed by atoms with Gasteiger partial charge in [0.2, 0.25) is 5.91 Å². The Hall–Kier alpha value is -4.07. The molecule has 0 heterocycles. The molecule has 0 aliphatic carbocycles. The molecule has 0 bridgehead atoms. The van der Waals surface area contributed by atoms with Crippen molar-refractivity contribution in [3.05, 3.63) is 93.5 Å². The van der Waals surface area contributed by atoms with Crippen LogP contribution >= 0.6 is 0 Å². The molecule has 0 radical (unpaired) electrons. The van der Waals surface area contributed by atoms with E-state index in [-0.39, 0.29) is 18.1 Å². The molecule has 0 aliphatic rings. The van der Waals surface area contributed by atoms with E-state index >= 15 is 0 Å². The van der Waals surface area contributed by atoms with E-state index in [0.29, 0.717) is 11.3 Å². The highest BCUT2D eigenvalue weighted by molar-refractivity contribution is 5.82. The minimum absolute atomic E-state index is 0.00440. The molecule has 3 aromatic carbocycles. The molecule has 0 aliphatic heterocycles. The fourth-order valence-electron chi connectivity index (χ4n) is 3.35. The Kier molecular flexibility index (Phi) is 7.28. The third-order valence-corrected chi connectivity index (χ3v) is 5.14. The zero-order valence-electron chi connectivity index (χ0n) is 18.1. The number of nitro benzene ring substituents is 1. The second-order valence-electron chi connectivity index (χ2n) is 7.11. The fourth-order valence-corrected chi connectivity index (χ4v) is 3.35. The Morgan fingerprint density at radius 1 is 0.938 bits per heavy atom. The van der Waals surface area contributed by atoms with Crippen molar-refractivity contribution in [3.8, 4) is 11.5 Å². The topological polar surface area (TPSA) is 103 Å². The van der Waals surface area contributed by atoms with E-state index in [1.54, 1.807) is 33.3 Å². The van der Waals surface area contributed by atoms with Crippen LogP contribution in [-0.4, -0.2) is 31.6 Å². The molecule has 0 atom stereocenters. The SMILES string of the molecule is COc1ccc(C(NC(=O)CNc2cccc([N+](=O)[O-])c2C)c2ccc(OC)cc2)cc1. The Morgan fingerprint density at radius 2 is 1.47 bits per heavy atom. The molecule has 3 rings (SSSR count). The molecule has 166 valence electrons. The third kappa shape index (κ3) is 5.34. The number of methoxy groups -OCH3 is 2. The van der Waals surface area contributed by atoms with Crippen LogP contribution in [0.1, 0.15) is 22.7 Å². The van der Waals surface area contributed by atoms with Gasteiger partial charge in [-0.2, -0.15) is 0 Å². The van der Waals surface area contributed by atoms with E-state index in [1.165, 1.54) is 6.07 Å². The molecule has 8 heteroatoms. The van der Waals surface area contributed by atoms with Crippen molar-refractivity contribution in [1.82, 2.24) is 5.32 Å².